The summed E-state index contributed by atoms with van der Waals surface area (Å²) in [7, 11) is 0. The van der Waals surface area contributed by atoms with Gasteiger partial charge in [-0.15, -0.1) is 0 Å². The van der Waals surface area contributed by atoms with Gasteiger partial charge in [0, 0.05) is 6.04 Å². The summed E-state index contributed by atoms with van der Waals surface area (Å²) in [5.41, 5.74) is 5.89. The van der Waals surface area contributed by atoms with E-state index in [2.05, 4.69) is 5.32 Å². The van der Waals surface area contributed by atoms with Crippen LogP contribution < -0.4 is 11.1 Å². The van der Waals surface area contributed by atoms with Crippen LogP contribution in [-0.4, -0.2) is 24.2 Å². The molecular formula is C14H19FN2O2. The molecular weight excluding hydrogens is 247 g/mol. The second-order valence-electron chi connectivity index (χ2n) is 5.53. The fourth-order valence-electron chi connectivity index (χ4n) is 2.38. The van der Waals surface area contributed by atoms with Gasteiger partial charge in [0.15, 0.2) is 0 Å². The highest BCUT2D eigenvalue weighted by molar-refractivity contribution is 5.81. The molecule has 1 heterocycles. The van der Waals surface area contributed by atoms with Crippen molar-refractivity contribution in [2.75, 3.05) is 6.61 Å². The monoisotopic (exact) mass is 266 g/mol. The second kappa shape index (κ2) is 5.27. The van der Waals surface area contributed by atoms with Crippen LogP contribution in [0.2, 0.25) is 0 Å². The molecule has 1 aliphatic heterocycles. The van der Waals surface area contributed by atoms with Gasteiger partial charge in [-0.05, 0) is 38.0 Å². The Morgan fingerprint density at radius 3 is 2.58 bits per heavy atom. The molecule has 104 valence electrons. The summed E-state index contributed by atoms with van der Waals surface area (Å²) in [5.74, 6) is -0.811. The van der Waals surface area contributed by atoms with Gasteiger partial charge in [-0.3, -0.25) is 10.1 Å². The van der Waals surface area contributed by atoms with Crippen LogP contribution in [0.4, 0.5) is 4.39 Å². The number of halogens is 1. The van der Waals surface area contributed by atoms with Crippen LogP contribution in [0.25, 0.3) is 0 Å². The Hall–Kier alpha value is -1.46. The van der Waals surface area contributed by atoms with Gasteiger partial charge >= 0.3 is 0 Å². The van der Waals surface area contributed by atoms with E-state index >= 15 is 0 Å². The molecule has 1 saturated heterocycles. The highest BCUT2D eigenvalue weighted by Crippen LogP contribution is 2.26. The van der Waals surface area contributed by atoms with Crippen molar-refractivity contribution in [1.29, 1.82) is 0 Å². The van der Waals surface area contributed by atoms with E-state index in [1.165, 1.54) is 12.1 Å². The van der Waals surface area contributed by atoms with Gasteiger partial charge in [-0.25, -0.2) is 4.39 Å². The molecule has 5 heteroatoms. The van der Waals surface area contributed by atoms with Crippen LogP contribution in [0.1, 0.15) is 31.9 Å². The van der Waals surface area contributed by atoms with Crippen LogP contribution >= 0.6 is 0 Å². The number of rotatable bonds is 4. The first kappa shape index (κ1) is 14.0. The van der Waals surface area contributed by atoms with Gasteiger partial charge in [-0.1, -0.05) is 12.1 Å². The number of ether oxygens (including phenoxy) is 1. The molecule has 0 aromatic heterocycles. The highest BCUT2D eigenvalue weighted by atomic mass is 19.1. The summed E-state index contributed by atoms with van der Waals surface area (Å²) in [4.78, 5) is 11.6. The summed E-state index contributed by atoms with van der Waals surface area (Å²) >= 11 is 0. The average Bonchev–Trinajstić information content (AvgIpc) is 2.67. The molecule has 1 aromatic carbocycles. The number of carbonyl (C=O) groups excluding carboxylic acids is 1. The quantitative estimate of drug-likeness (QED) is 0.868. The Morgan fingerprint density at radius 1 is 1.47 bits per heavy atom. The number of amides is 1. The molecule has 0 bridgehead atoms. The average molecular weight is 266 g/mol. The third-order valence-electron chi connectivity index (χ3n) is 3.30. The molecule has 0 spiro atoms. The molecule has 1 amide bonds. The topological polar surface area (TPSA) is 64.3 Å². The van der Waals surface area contributed by atoms with E-state index in [1.54, 1.807) is 12.1 Å². The minimum absolute atomic E-state index is 0.0672. The van der Waals surface area contributed by atoms with Crippen molar-refractivity contribution in [2.24, 2.45) is 5.73 Å². The van der Waals surface area contributed by atoms with Gasteiger partial charge < -0.3 is 10.5 Å². The van der Waals surface area contributed by atoms with Gasteiger partial charge in [-0.2, -0.15) is 0 Å². The predicted octanol–water partition coefficient (Wildman–Crippen LogP) is 1.51. The lowest BCUT2D eigenvalue weighted by molar-refractivity contribution is -0.120. The predicted molar refractivity (Wildman–Crippen MR) is 69.9 cm³/mol. The van der Waals surface area contributed by atoms with E-state index < -0.39 is 11.9 Å². The van der Waals surface area contributed by atoms with E-state index in [9.17, 15) is 9.18 Å². The lowest BCUT2D eigenvalue weighted by Gasteiger charge is -2.21. The molecule has 0 saturated carbocycles. The lowest BCUT2D eigenvalue weighted by Crippen LogP contribution is -2.40. The van der Waals surface area contributed by atoms with Crippen LogP contribution in [0.3, 0.4) is 0 Å². The Balaban J connectivity index is 2.09. The van der Waals surface area contributed by atoms with E-state index in [4.69, 9.17) is 10.5 Å². The molecule has 2 rings (SSSR count). The van der Waals surface area contributed by atoms with E-state index in [0.717, 1.165) is 6.42 Å². The molecule has 2 atom stereocenters. The first-order chi connectivity index (χ1) is 8.87. The van der Waals surface area contributed by atoms with Crippen molar-refractivity contribution in [3.05, 3.63) is 35.6 Å². The van der Waals surface area contributed by atoms with Crippen molar-refractivity contribution in [1.82, 2.24) is 5.32 Å². The zero-order valence-corrected chi connectivity index (χ0v) is 11.2. The number of nitrogens with two attached hydrogens (primary N) is 1. The molecule has 1 aliphatic rings. The standard InChI is InChI=1S/C14H19FN2O2/c1-14(2)7-11(8-19-14)17-12(13(16)18)9-3-5-10(15)6-4-9/h3-6,11-12,17H,7-8H2,1-2H3,(H2,16,18). The third kappa shape index (κ3) is 3.52. The number of carbonyl (C=O) groups is 1. The Bertz CT molecular complexity index is 459. The molecule has 19 heavy (non-hydrogen) atoms. The van der Waals surface area contributed by atoms with Crippen molar-refractivity contribution in [3.8, 4) is 0 Å². The summed E-state index contributed by atoms with van der Waals surface area (Å²) in [6, 6.07) is 5.22. The van der Waals surface area contributed by atoms with Gasteiger partial charge in [0.25, 0.3) is 0 Å². The zero-order chi connectivity index (χ0) is 14.0. The van der Waals surface area contributed by atoms with Crippen molar-refractivity contribution in [2.45, 2.75) is 38.0 Å². The number of hydrogen-bond donors (Lipinski definition) is 2. The minimum atomic E-state index is -0.622. The van der Waals surface area contributed by atoms with Gasteiger partial charge in [0.1, 0.15) is 11.9 Å². The molecule has 1 aromatic rings. The van der Waals surface area contributed by atoms with Gasteiger partial charge in [0.05, 0.1) is 12.2 Å². The second-order valence-corrected chi connectivity index (χ2v) is 5.53. The smallest absolute Gasteiger partial charge is 0.239 e. The van der Waals surface area contributed by atoms with Crippen LogP contribution in [-0.2, 0) is 9.53 Å². The SMILES string of the molecule is CC1(C)CC(NC(C(N)=O)c2ccc(F)cc2)CO1. The summed E-state index contributed by atoms with van der Waals surface area (Å²) in [5, 5.41) is 3.18. The highest BCUT2D eigenvalue weighted by Gasteiger charge is 2.34. The maximum Gasteiger partial charge on any atom is 0.239 e. The Morgan fingerprint density at radius 2 is 2.11 bits per heavy atom. The Labute approximate surface area is 112 Å². The fraction of sp³-hybridized carbons (Fsp3) is 0.500. The van der Waals surface area contributed by atoms with Crippen LogP contribution in [0, 0.1) is 5.82 Å². The van der Waals surface area contributed by atoms with Crippen molar-refractivity contribution < 1.29 is 13.9 Å². The summed E-state index contributed by atoms with van der Waals surface area (Å²) in [6.45, 7) is 4.55. The molecule has 0 aliphatic carbocycles. The number of nitrogens with one attached hydrogen (secondary N) is 1. The minimum Gasteiger partial charge on any atom is -0.374 e. The first-order valence-electron chi connectivity index (χ1n) is 6.32. The Kier molecular flexibility index (Phi) is 3.87. The molecule has 3 N–H and O–H groups in total. The number of benzene rings is 1. The van der Waals surface area contributed by atoms with Crippen LogP contribution in [0.5, 0.6) is 0 Å². The van der Waals surface area contributed by atoms with E-state index in [-0.39, 0.29) is 17.5 Å². The fourth-order valence-corrected chi connectivity index (χ4v) is 2.38. The van der Waals surface area contributed by atoms with E-state index in [1.807, 2.05) is 13.8 Å². The summed E-state index contributed by atoms with van der Waals surface area (Å²) in [6.07, 6.45) is 0.804. The normalized spacial score (nSPS) is 23.2. The zero-order valence-electron chi connectivity index (χ0n) is 11.2. The van der Waals surface area contributed by atoms with E-state index in [0.29, 0.717) is 12.2 Å². The molecule has 0 radical (unpaired) electrons. The largest absolute Gasteiger partial charge is 0.374 e. The van der Waals surface area contributed by atoms with Crippen LogP contribution in [0.15, 0.2) is 24.3 Å². The summed E-state index contributed by atoms with van der Waals surface area (Å²) < 4.78 is 18.5. The number of hydrogen-bond acceptors (Lipinski definition) is 3. The lowest BCUT2D eigenvalue weighted by atomic mass is 10.0. The molecule has 1 fully saturated rings. The van der Waals surface area contributed by atoms with Crippen molar-refractivity contribution >= 4 is 5.91 Å². The molecule has 4 nitrogen and oxygen atoms in total. The first-order valence-corrected chi connectivity index (χ1v) is 6.32. The third-order valence-corrected chi connectivity index (χ3v) is 3.30. The number of primary amides is 1. The maximum absolute atomic E-state index is 12.9. The molecule has 2 unspecified atom stereocenters. The van der Waals surface area contributed by atoms with Gasteiger partial charge in [0.2, 0.25) is 5.91 Å². The van der Waals surface area contributed by atoms with Crippen molar-refractivity contribution in [3.63, 3.8) is 0 Å². The maximum atomic E-state index is 12.9.